The van der Waals surface area contributed by atoms with Crippen molar-refractivity contribution in [3.63, 3.8) is 0 Å². The Morgan fingerprint density at radius 3 is 2.58 bits per heavy atom. The van der Waals surface area contributed by atoms with Gasteiger partial charge in [-0.3, -0.25) is 10.1 Å². The van der Waals surface area contributed by atoms with Crippen molar-refractivity contribution in [2.75, 3.05) is 5.32 Å². The van der Waals surface area contributed by atoms with E-state index in [1.54, 1.807) is 25.1 Å². The molecule has 33 heavy (non-hydrogen) atoms. The number of carbonyl (C=O) groups is 1. The molecule has 0 bridgehead atoms. The molecule has 0 aliphatic rings. The second-order valence-corrected chi connectivity index (χ2v) is 8.60. The molecule has 0 radical (unpaired) electrons. The summed E-state index contributed by atoms with van der Waals surface area (Å²) in [7, 11) is 0. The van der Waals surface area contributed by atoms with Crippen LogP contribution in [0.25, 0.3) is 22.6 Å². The third-order valence-corrected chi connectivity index (χ3v) is 5.47. The summed E-state index contributed by atoms with van der Waals surface area (Å²) in [5, 5.41) is 6.51. The van der Waals surface area contributed by atoms with Gasteiger partial charge >= 0.3 is 0 Å². The zero-order valence-electron chi connectivity index (χ0n) is 17.7. The highest BCUT2D eigenvalue weighted by Gasteiger charge is 2.18. The molecule has 4 rings (SSSR count). The SMILES string of the molecule is Cc1ccc2oc(-c3ccc(NC(=S)NC(=O)C(C)Oc4ccc(Cl)cc4Cl)cc3)nc2c1. The Balaban J connectivity index is 1.35. The molecule has 6 nitrogen and oxygen atoms in total. The van der Waals surface area contributed by atoms with Gasteiger partial charge in [-0.05, 0) is 86.2 Å². The predicted molar refractivity (Wildman–Crippen MR) is 135 cm³/mol. The fraction of sp³-hybridized carbons (Fsp3) is 0.125. The number of hydrogen-bond donors (Lipinski definition) is 2. The van der Waals surface area contributed by atoms with Crippen LogP contribution in [0, 0.1) is 6.92 Å². The normalized spacial score (nSPS) is 11.8. The molecule has 0 spiro atoms. The van der Waals surface area contributed by atoms with E-state index >= 15 is 0 Å². The first-order chi connectivity index (χ1) is 15.8. The summed E-state index contributed by atoms with van der Waals surface area (Å²) in [4.78, 5) is 17.0. The Morgan fingerprint density at radius 2 is 1.85 bits per heavy atom. The maximum Gasteiger partial charge on any atom is 0.266 e. The van der Waals surface area contributed by atoms with Crippen LogP contribution < -0.4 is 15.4 Å². The average Bonchev–Trinajstić information content (AvgIpc) is 3.19. The Labute approximate surface area is 205 Å². The summed E-state index contributed by atoms with van der Waals surface area (Å²) < 4.78 is 11.4. The lowest BCUT2D eigenvalue weighted by atomic mass is 10.2. The van der Waals surface area contributed by atoms with Crippen LogP contribution in [0.4, 0.5) is 5.69 Å². The number of anilines is 1. The van der Waals surface area contributed by atoms with E-state index in [9.17, 15) is 4.79 Å². The van der Waals surface area contributed by atoms with Crippen molar-refractivity contribution < 1.29 is 13.9 Å². The monoisotopic (exact) mass is 499 g/mol. The molecule has 0 aliphatic heterocycles. The number of fused-ring (bicyclic) bond motifs is 1. The number of aromatic nitrogens is 1. The molecule has 9 heteroatoms. The number of halogens is 2. The van der Waals surface area contributed by atoms with Crippen molar-refractivity contribution in [1.82, 2.24) is 10.3 Å². The number of hydrogen-bond acceptors (Lipinski definition) is 5. The summed E-state index contributed by atoms with van der Waals surface area (Å²) in [6.07, 6.45) is -0.825. The number of nitrogens with one attached hydrogen (secondary N) is 2. The van der Waals surface area contributed by atoms with Crippen molar-refractivity contribution in [2.45, 2.75) is 20.0 Å². The second-order valence-electron chi connectivity index (χ2n) is 7.35. The van der Waals surface area contributed by atoms with Crippen LogP contribution in [0.2, 0.25) is 10.0 Å². The van der Waals surface area contributed by atoms with Crippen LogP contribution in [0.15, 0.2) is 65.1 Å². The van der Waals surface area contributed by atoms with Crippen molar-refractivity contribution in [1.29, 1.82) is 0 Å². The minimum absolute atomic E-state index is 0.141. The molecule has 0 saturated heterocycles. The van der Waals surface area contributed by atoms with Gasteiger partial charge in [-0.2, -0.15) is 0 Å². The fourth-order valence-corrected chi connectivity index (χ4v) is 3.72. The number of rotatable bonds is 5. The summed E-state index contributed by atoms with van der Waals surface area (Å²) in [5.74, 6) is 0.467. The number of ether oxygens (including phenoxy) is 1. The standard InChI is InChI=1S/C24H19Cl2N3O3S/c1-13-3-9-21-19(11-13)28-23(32-21)15-4-7-17(8-5-15)27-24(33)29-22(30)14(2)31-20-10-6-16(25)12-18(20)26/h3-12,14H,1-2H3,(H2,27,29,30,33). The van der Waals surface area contributed by atoms with Gasteiger partial charge in [-0.15, -0.1) is 0 Å². The van der Waals surface area contributed by atoms with E-state index in [0.717, 1.165) is 22.2 Å². The van der Waals surface area contributed by atoms with E-state index in [-0.39, 0.29) is 5.11 Å². The van der Waals surface area contributed by atoms with Crippen molar-refractivity contribution in [2.24, 2.45) is 0 Å². The van der Waals surface area contributed by atoms with Crippen molar-refractivity contribution in [3.05, 3.63) is 76.3 Å². The average molecular weight is 500 g/mol. The van der Waals surface area contributed by atoms with Gasteiger partial charge in [0.1, 0.15) is 11.3 Å². The number of thiocarbonyl (C=S) groups is 1. The summed E-state index contributed by atoms with van der Waals surface area (Å²) >= 11 is 17.2. The van der Waals surface area contributed by atoms with Gasteiger partial charge in [0, 0.05) is 16.3 Å². The second kappa shape index (κ2) is 9.79. The molecule has 2 N–H and O–H groups in total. The molecule has 1 unspecified atom stereocenters. The molecule has 4 aromatic rings. The smallest absolute Gasteiger partial charge is 0.266 e. The minimum Gasteiger partial charge on any atom is -0.479 e. The molecule has 1 heterocycles. The Bertz CT molecular complexity index is 1340. The quantitative estimate of drug-likeness (QED) is 0.309. The van der Waals surface area contributed by atoms with Gasteiger partial charge in [0.2, 0.25) is 5.89 Å². The Morgan fingerprint density at radius 1 is 1.09 bits per heavy atom. The van der Waals surface area contributed by atoms with E-state index in [1.807, 2.05) is 49.4 Å². The number of oxazole rings is 1. The molecular formula is C24H19Cl2N3O3S. The maximum absolute atomic E-state index is 12.4. The van der Waals surface area contributed by atoms with Gasteiger partial charge < -0.3 is 14.5 Å². The topological polar surface area (TPSA) is 76.4 Å². The molecule has 1 aromatic heterocycles. The third-order valence-electron chi connectivity index (χ3n) is 4.74. The number of nitrogens with zero attached hydrogens (tertiary/aromatic N) is 1. The van der Waals surface area contributed by atoms with E-state index < -0.39 is 12.0 Å². The van der Waals surface area contributed by atoms with E-state index in [4.69, 9.17) is 44.6 Å². The van der Waals surface area contributed by atoms with E-state index in [2.05, 4.69) is 15.6 Å². The van der Waals surface area contributed by atoms with Crippen LogP contribution in [0.1, 0.15) is 12.5 Å². The summed E-state index contributed by atoms with van der Waals surface area (Å²) in [6, 6.07) is 18.0. The molecule has 0 fully saturated rings. The predicted octanol–water partition coefficient (Wildman–Crippen LogP) is 6.39. The zero-order valence-corrected chi connectivity index (χ0v) is 20.0. The molecule has 0 aliphatic carbocycles. The van der Waals surface area contributed by atoms with Crippen LogP contribution in [-0.2, 0) is 4.79 Å². The first kappa shape index (κ1) is 23.0. The molecule has 1 atom stereocenters. The van der Waals surface area contributed by atoms with Gasteiger partial charge in [-0.25, -0.2) is 4.98 Å². The number of carbonyl (C=O) groups excluding carboxylic acids is 1. The maximum atomic E-state index is 12.4. The van der Waals surface area contributed by atoms with Gasteiger partial charge in [0.05, 0.1) is 5.02 Å². The Kier molecular flexibility index (Phi) is 6.83. The molecule has 3 aromatic carbocycles. The van der Waals surface area contributed by atoms with Crippen molar-refractivity contribution >= 4 is 63.2 Å². The molecular weight excluding hydrogens is 481 g/mol. The molecule has 168 valence electrons. The largest absolute Gasteiger partial charge is 0.479 e. The lowest BCUT2D eigenvalue weighted by molar-refractivity contribution is -0.125. The first-order valence-corrected chi connectivity index (χ1v) is 11.2. The highest BCUT2D eigenvalue weighted by Crippen LogP contribution is 2.28. The number of benzene rings is 3. The van der Waals surface area contributed by atoms with Crippen LogP contribution in [0.5, 0.6) is 5.75 Å². The minimum atomic E-state index is -0.825. The van der Waals surface area contributed by atoms with Crippen LogP contribution >= 0.6 is 35.4 Å². The van der Waals surface area contributed by atoms with Crippen LogP contribution in [-0.4, -0.2) is 22.1 Å². The third kappa shape index (κ3) is 5.63. The van der Waals surface area contributed by atoms with E-state index in [0.29, 0.717) is 27.4 Å². The molecule has 0 saturated carbocycles. The van der Waals surface area contributed by atoms with Crippen LogP contribution in [0.3, 0.4) is 0 Å². The van der Waals surface area contributed by atoms with Gasteiger partial charge in [0.25, 0.3) is 5.91 Å². The van der Waals surface area contributed by atoms with Gasteiger partial charge in [-0.1, -0.05) is 29.3 Å². The first-order valence-electron chi connectivity index (χ1n) is 9.99. The lowest BCUT2D eigenvalue weighted by Gasteiger charge is -2.16. The van der Waals surface area contributed by atoms with Crippen molar-refractivity contribution in [3.8, 4) is 17.2 Å². The number of amides is 1. The summed E-state index contributed by atoms with van der Waals surface area (Å²) in [6.45, 7) is 3.61. The zero-order chi connectivity index (χ0) is 23.5. The highest BCUT2D eigenvalue weighted by molar-refractivity contribution is 7.80. The van der Waals surface area contributed by atoms with E-state index in [1.165, 1.54) is 0 Å². The van der Waals surface area contributed by atoms with Gasteiger partial charge in [0.15, 0.2) is 16.8 Å². The number of aryl methyl sites for hydroxylation is 1. The lowest BCUT2D eigenvalue weighted by Crippen LogP contribution is -2.42. The molecule has 1 amide bonds. The highest BCUT2D eigenvalue weighted by atomic mass is 35.5. The summed E-state index contributed by atoms with van der Waals surface area (Å²) in [5.41, 5.74) is 4.19. The fourth-order valence-electron chi connectivity index (χ4n) is 3.05. The Hall–Kier alpha value is -3.13.